The summed E-state index contributed by atoms with van der Waals surface area (Å²) in [6, 6.07) is 7.78. The zero-order chi connectivity index (χ0) is 13.7. The van der Waals surface area contributed by atoms with E-state index in [-0.39, 0.29) is 11.9 Å². The summed E-state index contributed by atoms with van der Waals surface area (Å²) in [6.45, 7) is 4.41. The second-order valence-electron chi connectivity index (χ2n) is 5.95. The van der Waals surface area contributed by atoms with E-state index in [9.17, 15) is 4.39 Å². The molecule has 1 aliphatic rings. The Hall–Kier alpha value is -0.890. The molecule has 1 aromatic carbocycles. The molecule has 1 nitrogen and oxygen atoms in total. The van der Waals surface area contributed by atoms with Crippen LogP contribution in [0.3, 0.4) is 0 Å². The Kier molecular flexibility index (Phi) is 5.38. The van der Waals surface area contributed by atoms with Crippen LogP contribution in [0, 0.1) is 11.7 Å². The van der Waals surface area contributed by atoms with Crippen LogP contribution in [0.25, 0.3) is 0 Å². The van der Waals surface area contributed by atoms with Crippen LogP contribution in [0.5, 0.6) is 0 Å². The molecule has 0 radical (unpaired) electrons. The number of nitrogens with one attached hydrogen (secondary N) is 1. The Morgan fingerprint density at radius 1 is 1.26 bits per heavy atom. The highest BCUT2D eigenvalue weighted by molar-refractivity contribution is 5.19. The minimum atomic E-state index is -0.141. The summed E-state index contributed by atoms with van der Waals surface area (Å²) in [5.41, 5.74) is 1.05. The Balaban J connectivity index is 1.82. The van der Waals surface area contributed by atoms with Crippen molar-refractivity contribution in [1.29, 1.82) is 0 Å². The molecule has 1 aliphatic carbocycles. The first kappa shape index (κ1) is 14.5. The second kappa shape index (κ2) is 7.04. The predicted octanol–water partition coefficient (Wildman–Crippen LogP) is 4.84. The molecule has 2 heteroatoms. The molecule has 1 unspecified atom stereocenters. The number of rotatable bonds is 5. The van der Waals surface area contributed by atoms with Crippen molar-refractivity contribution in [3.05, 3.63) is 35.6 Å². The molecule has 0 amide bonds. The van der Waals surface area contributed by atoms with Crippen molar-refractivity contribution in [3.8, 4) is 0 Å². The first-order chi connectivity index (χ1) is 9.19. The van der Waals surface area contributed by atoms with Crippen molar-refractivity contribution in [2.45, 2.75) is 64.5 Å². The maximum Gasteiger partial charge on any atom is 0.123 e. The molecule has 0 spiro atoms. The highest BCUT2D eigenvalue weighted by atomic mass is 19.1. The average molecular weight is 263 g/mol. The molecule has 0 aromatic heterocycles. The third-order valence-corrected chi connectivity index (χ3v) is 4.38. The largest absolute Gasteiger partial charge is 0.307 e. The zero-order valence-corrected chi connectivity index (χ0v) is 12.2. The van der Waals surface area contributed by atoms with Crippen molar-refractivity contribution < 1.29 is 4.39 Å². The topological polar surface area (TPSA) is 12.0 Å². The van der Waals surface area contributed by atoms with Crippen LogP contribution in [-0.4, -0.2) is 6.04 Å². The molecule has 1 saturated carbocycles. The molecular formula is C17H26FN. The molecule has 0 aliphatic heterocycles. The summed E-state index contributed by atoms with van der Waals surface area (Å²) in [5.74, 6) is 0.797. The quantitative estimate of drug-likeness (QED) is 0.802. The molecule has 0 saturated heterocycles. The average Bonchev–Trinajstić information content (AvgIpc) is 2.41. The van der Waals surface area contributed by atoms with E-state index in [0.717, 1.165) is 11.5 Å². The van der Waals surface area contributed by atoms with Crippen LogP contribution in [-0.2, 0) is 0 Å². The maximum absolute atomic E-state index is 13.2. The fourth-order valence-corrected chi connectivity index (χ4v) is 3.25. The van der Waals surface area contributed by atoms with Crippen LogP contribution in [0.15, 0.2) is 24.3 Å². The Morgan fingerprint density at radius 3 is 2.63 bits per heavy atom. The van der Waals surface area contributed by atoms with Crippen LogP contribution in [0.1, 0.15) is 64.0 Å². The second-order valence-corrected chi connectivity index (χ2v) is 5.95. The molecule has 1 atom stereocenters. The Labute approximate surface area is 116 Å². The highest BCUT2D eigenvalue weighted by Crippen LogP contribution is 2.29. The van der Waals surface area contributed by atoms with E-state index in [1.54, 1.807) is 12.1 Å². The van der Waals surface area contributed by atoms with E-state index < -0.39 is 0 Å². The third kappa shape index (κ3) is 4.31. The van der Waals surface area contributed by atoms with Gasteiger partial charge in [-0.25, -0.2) is 4.39 Å². The molecule has 0 heterocycles. The normalized spacial score (nSPS) is 25.2. The van der Waals surface area contributed by atoms with Crippen molar-refractivity contribution in [2.24, 2.45) is 5.92 Å². The van der Waals surface area contributed by atoms with Crippen LogP contribution >= 0.6 is 0 Å². The number of halogens is 1. The van der Waals surface area contributed by atoms with Gasteiger partial charge in [-0.05, 0) is 56.2 Å². The van der Waals surface area contributed by atoms with Gasteiger partial charge in [0.1, 0.15) is 5.82 Å². The summed E-state index contributed by atoms with van der Waals surface area (Å²) in [7, 11) is 0. The Bertz CT molecular complexity index is 383. The summed E-state index contributed by atoms with van der Waals surface area (Å²) >= 11 is 0. The monoisotopic (exact) mass is 263 g/mol. The molecule has 1 N–H and O–H groups in total. The Morgan fingerprint density at radius 2 is 2.00 bits per heavy atom. The van der Waals surface area contributed by atoms with E-state index >= 15 is 0 Å². The lowest BCUT2D eigenvalue weighted by Gasteiger charge is -2.31. The van der Waals surface area contributed by atoms with Gasteiger partial charge >= 0.3 is 0 Å². The zero-order valence-electron chi connectivity index (χ0n) is 12.2. The minimum absolute atomic E-state index is 0.141. The highest BCUT2D eigenvalue weighted by Gasteiger charge is 2.21. The SMILES string of the molecule is CCCC1CCC(NC(C)c2cccc(F)c2)CC1. The fraction of sp³-hybridized carbons (Fsp3) is 0.647. The van der Waals surface area contributed by atoms with Crippen molar-refractivity contribution in [2.75, 3.05) is 0 Å². The molecular weight excluding hydrogens is 237 g/mol. The smallest absolute Gasteiger partial charge is 0.123 e. The van der Waals surface area contributed by atoms with E-state index in [0.29, 0.717) is 6.04 Å². The summed E-state index contributed by atoms with van der Waals surface area (Å²) in [4.78, 5) is 0. The van der Waals surface area contributed by atoms with Crippen LogP contribution < -0.4 is 5.32 Å². The van der Waals surface area contributed by atoms with Crippen molar-refractivity contribution in [1.82, 2.24) is 5.32 Å². The predicted molar refractivity (Wildman–Crippen MR) is 78.6 cm³/mol. The lowest BCUT2D eigenvalue weighted by Crippen LogP contribution is -2.35. The van der Waals surface area contributed by atoms with Gasteiger partial charge in [-0.1, -0.05) is 31.9 Å². The van der Waals surface area contributed by atoms with Gasteiger partial charge in [0.25, 0.3) is 0 Å². The molecule has 19 heavy (non-hydrogen) atoms. The van der Waals surface area contributed by atoms with E-state index in [2.05, 4.69) is 19.2 Å². The van der Waals surface area contributed by atoms with E-state index in [4.69, 9.17) is 0 Å². The van der Waals surface area contributed by atoms with Gasteiger partial charge in [0.2, 0.25) is 0 Å². The summed E-state index contributed by atoms with van der Waals surface area (Å²) in [5, 5.41) is 3.66. The van der Waals surface area contributed by atoms with Gasteiger partial charge < -0.3 is 5.32 Å². The van der Waals surface area contributed by atoms with Crippen molar-refractivity contribution >= 4 is 0 Å². The van der Waals surface area contributed by atoms with Crippen LogP contribution in [0.4, 0.5) is 4.39 Å². The summed E-state index contributed by atoms with van der Waals surface area (Å²) in [6.07, 6.45) is 7.92. The molecule has 1 fully saturated rings. The first-order valence-corrected chi connectivity index (χ1v) is 7.70. The maximum atomic E-state index is 13.2. The van der Waals surface area contributed by atoms with Gasteiger partial charge in [0.05, 0.1) is 0 Å². The van der Waals surface area contributed by atoms with E-state index in [1.165, 1.54) is 44.6 Å². The molecule has 2 rings (SSSR count). The number of hydrogen-bond donors (Lipinski definition) is 1. The van der Waals surface area contributed by atoms with Gasteiger partial charge in [-0.15, -0.1) is 0 Å². The van der Waals surface area contributed by atoms with Gasteiger partial charge in [0.15, 0.2) is 0 Å². The lowest BCUT2D eigenvalue weighted by molar-refractivity contribution is 0.266. The fourth-order valence-electron chi connectivity index (χ4n) is 3.25. The number of benzene rings is 1. The molecule has 0 bridgehead atoms. The van der Waals surface area contributed by atoms with E-state index in [1.807, 2.05) is 6.07 Å². The number of hydrogen-bond acceptors (Lipinski definition) is 1. The van der Waals surface area contributed by atoms with Crippen molar-refractivity contribution in [3.63, 3.8) is 0 Å². The molecule has 106 valence electrons. The summed E-state index contributed by atoms with van der Waals surface area (Å²) < 4.78 is 13.2. The lowest BCUT2D eigenvalue weighted by atomic mass is 9.83. The van der Waals surface area contributed by atoms with Crippen LogP contribution in [0.2, 0.25) is 0 Å². The standard InChI is InChI=1S/C17H26FN/c1-3-5-14-8-10-17(11-9-14)19-13(2)15-6-4-7-16(18)12-15/h4,6-7,12-14,17,19H,3,5,8-11H2,1-2H3. The minimum Gasteiger partial charge on any atom is -0.307 e. The third-order valence-electron chi connectivity index (χ3n) is 4.38. The van der Waals surface area contributed by atoms with Gasteiger partial charge in [-0.3, -0.25) is 0 Å². The first-order valence-electron chi connectivity index (χ1n) is 7.70. The molecule has 1 aromatic rings. The van der Waals surface area contributed by atoms with Gasteiger partial charge in [0, 0.05) is 12.1 Å². The van der Waals surface area contributed by atoms with Gasteiger partial charge in [-0.2, -0.15) is 0 Å².